The predicted molar refractivity (Wildman–Crippen MR) is 101 cm³/mol. The number of methoxy groups -OCH3 is 3. The van der Waals surface area contributed by atoms with E-state index < -0.39 is 0 Å². The van der Waals surface area contributed by atoms with Crippen molar-refractivity contribution in [1.29, 1.82) is 0 Å². The lowest BCUT2D eigenvalue weighted by molar-refractivity contribution is 0.324. The van der Waals surface area contributed by atoms with E-state index in [1.165, 1.54) is 16.2 Å². The minimum absolute atomic E-state index is 0.538. The molecule has 0 saturated heterocycles. The lowest BCUT2D eigenvalue weighted by atomic mass is 10.1. The van der Waals surface area contributed by atoms with E-state index in [0.29, 0.717) is 23.1 Å². The Hall–Kier alpha value is -2.65. The van der Waals surface area contributed by atoms with Crippen molar-refractivity contribution < 1.29 is 14.2 Å². The molecule has 0 unspecified atom stereocenters. The van der Waals surface area contributed by atoms with E-state index >= 15 is 0 Å². The molecule has 26 heavy (non-hydrogen) atoms. The van der Waals surface area contributed by atoms with Gasteiger partial charge in [-0.3, -0.25) is 0 Å². The number of nitrogens with zero attached hydrogens (tertiary/aromatic N) is 4. The van der Waals surface area contributed by atoms with Gasteiger partial charge in [0, 0.05) is 16.9 Å². The molecule has 0 atom stereocenters. The second kappa shape index (κ2) is 6.93. The monoisotopic (exact) mass is 388 g/mol. The van der Waals surface area contributed by atoms with E-state index in [1.54, 1.807) is 37.2 Å². The summed E-state index contributed by atoms with van der Waals surface area (Å²) in [5.74, 6) is 2.30. The van der Waals surface area contributed by atoms with Gasteiger partial charge >= 0.3 is 0 Å². The third-order valence-electron chi connectivity index (χ3n) is 3.86. The van der Waals surface area contributed by atoms with Gasteiger partial charge in [-0.2, -0.15) is 9.61 Å². The highest BCUT2D eigenvalue weighted by Crippen LogP contribution is 2.41. The van der Waals surface area contributed by atoms with Crippen LogP contribution in [0.15, 0.2) is 29.6 Å². The molecule has 3 heterocycles. The molecule has 4 rings (SSSR count). The maximum absolute atomic E-state index is 5.43. The number of fused-ring (bicyclic) bond motifs is 1. The average molecular weight is 388 g/mol. The van der Waals surface area contributed by atoms with Crippen LogP contribution in [0.5, 0.6) is 17.2 Å². The van der Waals surface area contributed by atoms with Gasteiger partial charge in [-0.25, -0.2) is 0 Å². The van der Waals surface area contributed by atoms with Gasteiger partial charge in [-0.15, -0.1) is 21.5 Å². The summed E-state index contributed by atoms with van der Waals surface area (Å²) in [5.41, 5.74) is 0.792. The van der Waals surface area contributed by atoms with E-state index in [9.17, 15) is 0 Å². The summed E-state index contributed by atoms with van der Waals surface area (Å²) < 4.78 is 18.0. The van der Waals surface area contributed by atoms with Crippen molar-refractivity contribution in [3.63, 3.8) is 0 Å². The van der Waals surface area contributed by atoms with Crippen LogP contribution in [-0.4, -0.2) is 41.1 Å². The zero-order chi connectivity index (χ0) is 18.1. The van der Waals surface area contributed by atoms with E-state index in [2.05, 4.69) is 26.7 Å². The standard InChI is InChI=1S/C17H16N4O3S2/c1-22-12-7-10(8-13(23-2)15(12)24-3)16-18-19-17-21(16)20-14(26-17)9-11-5-4-6-25-11/h4-8H,9H2,1-3H3. The summed E-state index contributed by atoms with van der Waals surface area (Å²) in [7, 11) is 4.75. The summed E-state index contributed by atoms with van der Waals surface area (Å²) in [4.78, 5) is 2.02. The van der Waals surface area contributed by atoms with Crippen molar-refractivity contribution in [3.05, 3.63) is 39.5 Å². The highest BCUT2D eigenvalue weighted by atomic mass is 32.1. The summed E-state index contributed by atoms with van der Waals surface area (Å²) in [6, 6.07) is 7.83. The summed E-state index contributed by atoms with van der Waals surface area (Å²) in [6.07, 6.45) is 0.792. The van der Waals surface area contributed by atoms with Crippen molar-refractivity contribution in [2.45, 2.75) is 6.42 Å². The number of benzene rings is 1. The van der Waals surface area contributed by atoms with Gasteiger partial charge in [-0.05, 0) is 23.6 Å². The van der Waals surface area contributed by atoms with Crippen molar-refractivity contribution in [3.8, 4) is 28.6 Å². The van der Waals surface area contributed by atoms with Crippen LogP contribution in [0.3, 0.4) is 0 Å². The Morgan fingerprint density at radius 3 is 2.42 bits per heavy atom. The molecular weight excluding hydrogens is 372 g/mol. The fraction of sp³-hybridized carbons (Fsp3) is 0.235. The fourth-order valence-electron chi connectivity index (χ4n) is 2.68. The molecule has 7 nitrogen and oxygen atoms in total. The van der Waals surface area contributed by atoms with Crippen molar-refractivity contribution in [2.75, 3.05) is 21.3 Å². The number of hydrogen-bond donors (Lipinski definition) is 0. The van der Waals surface area contributed by atoms with Crippen LogP contribution >= 0.6 is 22.7 Å². The van der Waals surface area contributed by atoms with Crippen molar-refractivity contribution in [1.82, 2.24) is 19.8 Å². The molecule has 1 aromatic carbocycles. The van der Waals surface area contributed by atoms with Crippen LogP contribution < -0.4 is 14.2 Å². The Morgan fingerprint density at radius 2 is 1.81 bits per heavy atom. The van der Waals surface area contributed by atoms with Gasteiger partial charge in [0.05, 0.1) is 21.3 Å². The van der Waals surface area contributed by atoms with Crippen LogP contribution in [0, 0.1) is 0 Å². The quantitative estimate of drug-likeness (QED) is 0.503. The number of rotatable bonds is 6. The fourth-order valence-corrected chi connectivity index (χ4v) is 4.34. The SMILES string of the molecule is COc1cc(-c2nnc3sc(Cc4cccs4)nn23)cc(OC)c1OC. The van der Waals surface area contributed by atoms with Crippen molar-refractivity contribution in [2.24, 2.45) is 0 Å². The number of thiophene rings is 1. The molecule has 0 N–H and O–H groups in total. The zero-order valence-corrected chi connectivity index (χ0v) is 16.1. The topological polar surface area (TPSA) is 70.8 Å². The molecule has 0 radical (unpaired) electrons. The predicted octanol–water partition coefficient (Wildman–Crippen LogP) is 3.53. The van der Waals surface area contributed by atoms with Gasteiger partial charge in [0.1, 0.15) is 5.01 Å². The first-order valence-electron chi connectivity index (χ1n) is 7.77. The van der Waals surface area contributed by atoms with E-state index in [1.807, 2.05) is 18.2 Å². The second-order valence-electron chi connectivity index (χ2n) is 5.38. The molecular formula is C17H16N4O3S2. The molecule has 0 saturated carbocycles. The summed E-state index contributed by atoms with van der Waals surface area (Å²) >= 11 is 3.26. The molecule has 9 heteroatoms. The summed E-state index contributed by atoms with van der Waals surface area (Å²) in [5, 5.41) is 16.3. The Balaban J connectivity index is 1.78. The molecule has 0 fully saturated rings. The number of aromatic nitrogens is 4. The minimum atomic E-state index is 0.538. The molecule has 0 aliphatic heterocycles. The van der Waals surface area contributed by atoms with Gasteiger partial charge in [0.15, 0.2) is 17.3 Å². The van der Waals surface area contributed by atoms with Crippen LogP contribution in [0.2, 0.25) is 0 Å². The molecule has 0 bridgehead atoms. The lowest BCUT2D eigenvalue weighted by Gasteiger charge is -2.13. The third-order valence-corrected chi connectivity index (χ3v) is 5.64. The Labute approximate surface area is 157 Å². The summed E-state index contributed by atoms with van der Waals surface area (Å²) in [6.45, 7) is 0. The molecule has 0 amide bonds. The van der Waals surface area contributed by atoms with Gasteiger partial charge < -0.3 is 14.2 Å². The van der Waals surface area contributed by atoms with Crippen LogP contribution in [0.25, 0.3) is 16.3 Å². The maximum Gasteiger partial charge on any atom is 0.234 e. The first kappa shape index (κ1) is 16.8. The molecule has 0 aliphatic carbocycles. The molecule has 134 valence electrons. The zero-order valence-electron chi connectivity index (χ0n) is 14.4. The lowest BCUT2D eigenvalue weighted by Crippen LogP contribution is -1.98. The third kappa shape index (κ3) is 2.89. The van der Waals surface area contributed by atoms with Gasteiger partial charge in [-0.1, -0.05) is 17.4 Å². The van der Waals surface area contributed by atoms with E-state index in [0.717, 1.165) is 22.0 Å². The molecule has 0 aliphatic rings. The smallest absolute Gasteiger partial charge is 0.234 e. The molecule has 4 aromatic rings. The first-order chi connectivity index (χ1) is 12.7. The highest BCUT2D eigenvalue weighted by Gasteiger charge is 2.19. The van der Waals surface area contributed by atoms with Gasteiger partial charge in [0.25, 0.3) is 0 Å². The second-order valence-corrected chi connectivity index (χ2v) is 7.46. The highest BCUT2D eigenvalue weighted by molar-refractivity contribution is 7.17. The van der Waals surface area contributed by atoms with Crippen LogP contribution in [-0.2, 0) is 6.42 Å². The van der Waals surface area contributed by atoms with Crippen LogP contribution in [0.1, 0.15) is 9.88 Å². The van der Waals surface area contributed by atoms with E-state index in [4.69, 9.17) is 14.2 Å². The molecule has 0 spiro atoms. The van der Waals surface area contributed by atoms with Crippen LogP contribution in [0.4, 0.5) is 0 Å². The van der Waals surface area contributed by atoms with Crippen molar-refractivity contribution >= 4 is 27.6 Å². The first-order valence-corrected chi connectivity index (χ1v) is 9.47. The maximum atomic E-state index is 5.43. The van der Waals surface area contributed by atoms with E-state index in [-0.39, 0.29) is 0 Å². The average Bonchev–Trinajstić information content (AvgIpc) is 3.38. The Morgan fingerprint density at radius 1 is 1.04 bits per heavy atom. The van der Waals surface area contributed by atoms with Gasteiger partial charge in [0.2, 0.25) is 10.7 Å². The normalized spacial score (nSPS) is 11.0. The Bertz CT molecular complexity index is 1010. The minimum Gasteiger partial charge on any atom is -0.493 e. The number of ether oxygens (including phenoxy) is 3. The number of hydrogen-bond acceptors (Lipinski definition) is 8. The largest absolute Gasteiger partial charge is 0.493 e. The Kier molecular flexibility index (Phi) is 4.48. The molecule has 3 aromatic heterocycles.